The first-order chi connectivity index (χ1) is 9.67. The van der Waals surface area contributed by atoms with Crippen LogP contribution in [0.3, 0.4) is 0 Å². The maximum absolute atomic E-state index is 12.5. The monoisotopic (exact) mass is 275 g/mol. The highest BCUT2D eigenvalue weighted by molar-refractivity contribution is 5.98. The van der Waals surface area contributed by atoms with Crippen molar-refractivity contribution in [1.82, 2.24) is 10.2 Å². The van der Waals surface area contributed by atoms with Crippen molar-refractivity contribution in [2.24, 2.45) is 0 Å². The van der Waals surface area contributed by atoms with E-state index in [0.29, 0.717) is 0 Å². The molecule has 1 N–H and O–H groups in total. The second-order valence-electron chi connectivity index (χ2n) is 5.25. The SMILES string of the molecule is CCN(CC)CCN1C(=O)C(C)NCc2ccccc21. The second kappa shape index (κ2) is 6.86. The second-order valence-corrected chi connectivity index (χ2v) is 5.25. The van der Waals surface area contributed by atoms with Crippen LogP contribution in [0, 0.1) is 0 Å². The number of hydrogen-bond donors (Lipinski definition) is 1. The van der Waals surface area contributed by atoms with E-state index in [1.54, 1.807) is 0 Å². The molecule has 110 valence electrons. The van der Waals surface area contributed by atoms with E-state index < -0.39 is 0 Å². The number of nitrogens with one attached hydrogen (secondary N) is 1. The van der Waals surface area contributed by atoms with Gasteiger partial charge in [0.25, 0.3) is 0 Å². The quantitative estimate of drug-likeness (QED) is 0.891. The molecule has 0 saturated heterocycles. The van der Waals surface area contributed by atoms with Gasteiger partial charge in [-0.2, -0.15) is 0 Å². The average Bonchev–Trinajstić information content (AvgIpc) is 2.60. The standard InChI is InChI=1S/C16H25N3O/c1-4-18(5-2)10-11-19-15-9-7-6-8-14(15)12-17-13(3)16(19)20/h6-9,13,17H,4-5,10-12H2,1-3H3. The van der Waals surface area contributed by atoms with Crippen LogP contribution in [0.15, 0.2) is 24.3 Å². The number of carbonyl (C=O) groups excluding carboxylic acids is 1. The molecule has 1 unspecified atom stereocenters. The molecular formula is C16H25N3O. The first-order valence-electron chi connectivity index (χ1n) is 7.52. The minimum absolute atomic E-state index is 0.126. The van der Waals surface area contributed by atoms with Gasteiger partial charge >= 0.3 is 0 Å². The van der Waals surface area contributed by atoms with Gasteiger partial charge in [-0.25, -0.2) is 0 Å². The Morgan fingerprint density at radius 1 is 1.30 bits per heavy atom. The third kappa shape index (κ3) is 3.19. The maximum atomic E-state index is 12.5. The zero-order chi connectivity index (χ0) is 14.5. The Hall–Kier alpha value is -1.39. The van der Waals surface area contributed by atoms with Crippen LogP contribution >= 0.6 is 0 Å². The van der Waals surface area contributed by atoms with E-state index in [-0.39, 0.29) is 11.9 Å². The fraction of sp³-hybridized carbons (Fsp3) is 0.562. The summed E-state index contributed by atoms with van der Waals surface area (Å²) in [5, 5.41) is 3.29. The molecule has 1 aliphatic rings. The van der Waals surface area contributed by atoms with Crippen LogP contribution < -0.4 is 10.2 Å². The number of hydrogen-bond acceptors (Lipinski definition) is 3. The van der Waals surface area contributed by atoms with Gasteiger partial charge in [-0.3, -0.25) is 4.79 Å². The lowest BCUT2D eigenvalue weighted by Crippen LogP contribution is -2.45. The number of fused-ring (bicyclic) bond motifs is 1. The molecule has 0 aromatic heterocycles. The Balaban J connectivity index is 2.20. The minimum Gasteiger partial charge on any atom is -0.309 e. The first-order valence-corrected chi connectivity index (χ1v) is 7.52. The van der Waals surface area contributed by atoms with E-state index in [1.807, 2.05) is 24.0 Å². The Labute approximate surface area is 121 Å². The van der Waals surface area contributed by atoms with E-state index in [0.717, 1.165) is 38.4 Å². The molecule has 0 spiro atoms. The fourth-order valence-electron chi connectivity index (χ4n) is 2.64. The summed E-state index contributed by atoms with van der Waals surface area (Å²) in [5.41, 5.74) is 2.26. The molecule has 2 rings (SSSR count). The molecule has 0 radical (unpaired) electrons. The molecule has 0 aliphatic carbocycles. The number of para-hydroxylation sites is 1. The zero-order valence-electron chi connectivity index (χ0n) is 12.7. The summed E-state index contributed by atoms with van der Waals surface area (Å²) < 4.78 is 0. The maximum Gasteiger partial charge on any atom is 0.243 e. The number of benzene rings is 1. The summed E-state index contributed by atoms with van der Waals surface area (Å²) >= 11 is 0. The van der Waals surface area contributed by atoms with E-state index in [4.69, 9.17) is 0 Å². The molecule has 1 amide bonds. The van der Waals surface area contributed by atoms with E-state index in [1.165, 1.54) is 5.56 Å². The predicted molar refractivity (Wildman–Crippen MR) is 82.9 cm³/mol. The smallest absolute Gasteiger partial charge is 0.243 e. The molecule has 20 heavy (non-hydrogen) atoms. The van der Waals surface area contributed by atoms with Crippen molar-refractivity contribution in [1.29, 1.82) is 0 Å². The van der Waals surface area contributed by atoms with Crippen molar-refractivity contribution in [3.05, 3.63) is 29.8 Å². The van der Waals surface area contributed by atoms with E-state index >= 15 is 0 Å². The van der Waals surface area contributed by atoms with Gasteiger partial charge in [-0.05, 0) is 31.6 Å². The van der Waals surface area contributed by atoms with E-state index in [9.17, 15) is 4.79 Å². The molecule has 0 bridgehead atoms. The Kier molecular flexibility index (Phi) is 5.15. The Morgan fingerprint density at radius 2 is 2.00 bits per heavy atom. The Bertz CT molecular complexity index is 457. The topological polar surface area (TPSA) is 35.6 Å². The number of nitrogens with zero attached hydrogens (tertiary/aromatic N) is 2. The van der Waals surface area contributed by atoms with Crippen LogP contribution in [0.2, 0.25) is 0 Å². The van der Waals surface area contributed by atoms with Crippen LogP contribution in [0.1, 0.15) is 26.3 Å². The molecule has 1 aliphatic heterocycles. The Morgan fingerprint density at radius 3 is 2.70 bits per heavy atom. The summed E-state index contributed by atoms with van der Waals surface area (Å²) in [4.78, 5) is 16.8. The molecule has 1 atom stereocenters. The van der Waals surface area contributed by atoms with Crippen molar-refractivity contribution in [2.45, 2.75) is 33.4 Å². The average molecular weight is 275 g/mol. The highest BCUT2D eigenvalue weighted by atomic mass is 16.2. The number of rotatable bonds is 5. The first kappa shape index (κ1) is 15.0. The van der Waals surface area contributed by atoms with Crippen LogP contribution in [0.4, 0.5) is 5.69 Å². The lowest BCUT2D eigenvalue weighted by molar-refractivity contribution is -0.120. The van der Waals surface area contributed by atoms with E-state index in [2.05, 4.69) is 36.2 Å². The number of anilines is 1. The van der Waals surface area contributed by atoms with Gasteiger partial charge in [0.1, 0.15) is 0 Å². The minimum atomic E-state index is -0.126. The van der Waals surface area contributed by atoms with Gasteiger partial charge in [0, 0.05) is 25.3 Å². The predicted octanol–water partition coefficient (Wildman–Crippen LogP) is 1.85. The van der Waals surface area contributed by atoms with Crippen LogP contribution in [0.5, 0.6) is 0 Å². The zero-order valence-corrected chi connectivity index (χ0v) is 12.7. The highest BCUT2D eigenvalue weighted by Crippen LogP contribution is 2.23. The van der Waals surface area contributed by atoms with Crippen molar-refractivity contribution < 1.29 is 4.79 Å². The lowest BCUT2D eigenvalue weighted by Gasteiger charge is -2.27. The molecule has 1 aromatic rings. The molecule has 0 saturated carbocycles. The molecule has 4 heteroatoms. The van der Waals surface area contributed by atoms with Gasteiger partial charge in [0.2, 0.25) is 5.91 Å². The van der Waals surface area contributed by atoms with Crippen LogP contribution in [-0.4, -0.2) is 43.0 Å². The van der Waals surface area contributed by atoms with Crippen LogP contribution in [-0.2, 0) is 11.3 Å². The van der Waals surface area contributed by atoms with Gasteiger partial charge in [-0.1, -0.05) is 32.0 Å². The number of likely N-dealkylation sites (N-methyl/N-ethyl adjacent to an activating group) is 1. The summed E-state index contributed by atoms with van der Waals surface area (Å²) in [5.74, 6) is 0.169. The fourth-order valence-corrected chi connectivity index (χ4v) is 2.64. The lowest BCUT2D eigenvalue weighted by atomic mass is 10.1. The highest BCUT2D eigenvalue weighted by Gasteiger charge is 2.26. The summed E-state index contributed by atoms with van der Waals surface area (Å²) in [7, 11) is 0. The molecule has 1 heterocycles. The molecule has 1 aromatic carbocycles. The molecular weight excluding hydrogens is 250 g/mol. The third-order valence-electron chi connectivity index (χ3n) is 4.05. The van der Waals surface area contributed by atoms with Crippen molar-refractivity contribution in [3.63, 3.8) is 0 Å². The van der Waals surface area contributed by atoms with Gasteiger partial charge in [-0.15, -0.1) is 0 Å². The van der Waals surface area contributed by atoms with Crippen molar-refractivity contribution >= 4 is 11.6 Å². The number of amides is 1. The van der Waals surface area contributed by atoms with Crippen molar-refractivity contribution in [2.75, 3.05) is 31.1 Å². The third-order valence-corrected chi connectivity index (χ3v) is 4.05. The summed E-state index contributed by atoms with van der Waals surface area (Å²) in [6.07, 6.45) is 0. The van der Waals surface area contributed by atoms with Gasteiger partial charge < -0.3 is 15.1 Å². The molecule has 4 nitrogen and oxygen atoms in total. The summed E-state index contributed by atoms with van der Waals surface area (Å²) in [6, 6.07) is 8.06. The molecule has 0 fully saturated rings. The number of carbonyl (C=O) groups is 1. The largest absolute Gasteiger partial charge is 0.309 e. The van der Waals surface area contributed by atoms with Gasteiger partial charge in [0.15, 0.2) is 0 Å². The van der Waals surface area contributed by atoms with Crippen LogP contribution in [0.25, 0.3) is 0 Å². The van der Waals surface area contributed by atoms with Gasteiger partial charge in [0.05, 0.1) is 6.04 Å². The summed E-state index contributed by atoms with van der Waals surface area (Å²) in [6.45, 7) is 10.7. The van der Waals surface area contributed by atoms with Crippen molar-refractivity contribution in [3.8, 4) is 0 Å². The normalized spacial score (nSPS) is 19.1.